The molecule has 1 heterocycles. The molecule has 0 saturated carbocycles. The van der Waals surface area contributed by atoms with Crippen molar-refractivity contribution < 1.29 is 28.2 Å². The third kappa shape index (κ3) is 4.15. The van der Waals surface area contributed by atoms with Gasteiger partial charge in [0, 0.05) is 12.5 Å². The van der Waals surface area contributed by atoms with Gasteiger partial charge in [0.15, 0.2) is 17.2 Å². The average molecular weight is 390 g/mol. The first-order valence-corrected chi connectivity index (χ1v) is 8.09. The fraction of sp³-hybridized carbons (Fsp3) is 0.105. The van der Waals surface area contributed by atoms with Crippen molar-refractivity contribution in [2.75, 3.05) is 7.11 Å². The molecule has 0 amide bonds. The molecule has 0 saturated heterocycles. The van der Waals surface area contributed by atoms with Crippen molar-refractivity contribution in [1.82, 2.24) is 0 Å². The molecular weight excluding hydrogens is 377 g/mol. The minimum Gasteiger partial charge on any atom is -0.493 e. The molecule has 0 bridgehead atoms. The predicted octanol–water partition coefficient (Wildman–Crippen LogP) is 3.76. The van der Waals surface area contributed by atoms with Crippen LogP contribution in [-0.2, 0) is 14.3 Å². The largest absolute Gasteiger partial charge is 0.493 e. The highest BCUT2D eigenvalue weighted by Crippen LogP contribution is 2.37. The van der Waals surface area contributed by atoms with E-state index in [1.54, 1.807) is 6.07 Å². The van der Waals surface area contributed by atoms with E-state index >= 15 is 0 Å². The Hall–Kier alpha value is -3.19. The number of ether oxygens (including phenoxy) is 3. The van der Waals surface area contributed by atoms with E-state index in [2.05, 4.69) is 4.99 Å². The number of hydrogen-bond acceptors (Lipinski definition) is 6. The molecule has 0 fully saturated rings. The minimum absolute atomic E-state index is 0.000320. The van der Waals surface area contributed by atoms with Crippen LogP contribution >= 0.6 is 11.6 Å². The van der Waals surface area contributed by atoms with Gasteiger partial charge in [-0.25, -0.2) is 14.2 Å². The van der Waals surface area contributed by atoms with Crippen LogP contribution < -0.4 is 9.47 Å². The number of carbonyl (C=O) groups is 2. The topological polar surface area (TPSA) is 74.2 Å². The van der Waals surface area contributed by atoms with E-state index in [1.165, 1.54) is 50.4 Å². The number of carbonyl (C=O) groups excluding carboxylic acids is 2. The number of cyclic esters (lactones) is 1. The van der Waals surface area contributed by atoms with E-state index in [-0.39, 0.29) is 28.1 Å². The molecule has 3 rings (SSSR count). The van der Waals surface area contributed by atoms with Gasteiger partial charge in [0.2, 0.25) is 5.90 Å². The van der Waals surface area contributed by atoms with Gasteiger partial charge in [0.1, 0.15) is 5.82 Å². The second kappa shape index (κ2) is 7.59. The number of nitrogens with zero attached hydrogens (tertiary/aromatic N) is 1. The summed E-state index contributed by atoms with van der Waals surface area (Å²) in [4.78, 5) is 27.3. The van der Waals surface area contributed by atoms with Gasteiger partial charge in [-0.1, -0.05) is 17.7 Å². The van der Waals surface area contributed by atoms with E-state index in [1.807, 2.05) is 0 Å². The number of benzene rings is 2. The van der Waals surface area contributed by atoms with Crippen molar-refractivity contribution in [3.63, 3.8) is 0 Å². The molecule has 1 aliphatic rings. The van der Waals surface area contributed by atoms with Crippen LogP contribution in [0.1, 0.15) is 18.1 Å². The summed E-state index contributed by atoms with van der Waals surface area (Å²) in [6.07, 6.45) is 1.43. The normalized spacial score (nSPS) is 14.7. The second-order valence-electron chi connectivity index (χ2n) is 5.47. The van der Waals surface area contributed by atoms with Crippen LogP contribution in [0.15, 0.2) is 47.1 Å². The summed E-state index contributed by atoms with van der Waals surface area (Å²) in [5, 5.41) is 0.122. The lowest BCUT2D eigenvalue weighted by atomic mass is 10.1. The van der Waals surface area contributed by atoms with Crippen LogP contribution in [0.5, 0.6) is 11.5 Å². The van der Waals surface area contributed by atoms with Crippen molar-refractivity contribution in [2.24, 2.45) is 4.99 Å². The third-order valence-electron chi connectivity index (χ3n) is 3.49. The first-order valence-electron chi connectivity index (χ1n) is 7.72. The Bertz CT molecular complexity index is 1000. The molecular formula is C19H13ClFNO5. The maximum Gasteiger partial charge on any atom is 0.363 e. The van der Waals surface area contributed by atoms with Crippen molar-refractivity contribution in [2.45, 2.75) is 6.92 Å². The van der Waals surface area contributed by atoms with Crippen LogP contribution in [0.25, 0.3) is 6.08 Å². The van der Waals surface area contributed by atoms with E-state index in [9.17, 15) is 14.0 Å². The van der Waals surface area contributed by atoms with Gasteiger partial charge >= 0.3 is 11.9 Å². The number of aliphatic imine (C=N–C) groups is 1. The van der Waals surface area contributed by atoms with Gasteiger partial charge < -0.3 is 14.2 Å². The first kappa shape index (κ1) is 18.6. The highest BCUT2D eigenvalue weighted by molar-refractivity contribution is 6.32. The quantitative estimate of drug-likeness (QED) is 0.452. The van der Waals surface area contributed by atoms with Crippen LogP contribution in [0.3, 0.4) is 0 Å². The molecule has 0 radical (unpaired) electrons. The van der Waals surface area contributed by atoms with Crippen LogP contribution in [0, 0.1) is 5.82 Å². The molecule has 0 atom stereocenters. The fourth-order valence-corrected chi connectivity index (χ4v) is 2.64. The molecule has 0 aliphatic carbocycles. The van der Waals surface area contributed by atoms with Gasteiger partial charge in [0.05, 0.1) is 12.1 Å². The number of methoxy groups -OCH3 is 1. The molecule has 6 nitrogen and oxygen atoms in total. The van der Waals surface area contributed by atoms with Crippen molar-refractivity contribution >= 4 is 35.5 Å². The lowest BCUT2D eigenvalue weighted by molar-refractivity contribution is -0.132. The fourth-order valence-electron chi connectivity index (χ4n) is 2.38. The van der Waals surface area contributed by atoms with Crippen LogP contribution in [0.4, 0.5) is 4.39 Å². The second-order valence-corrected chi connectivity index (χ2v) is 5.88. The van der Waals surface area contributed by atoms with E-state index in [0.29, 0.717) is 11.1 Å². The molecule has 0 spiro atoms. The molecule has 1 aliphatic heterocycles. The SMILES string of the molecule is COc1cc(/C=C2/N=C(c3cccc(F)c3)OC2=O)cc(Cl)c1OC(C)=O. The average Bonchev–Trinajstić information content (AvgIpc) is 2.97. The minimum atomic E-state index is -0.687. The lowest BCUT2D eigenvalue weighted by Gasteiger charge is -2.10. The van der Waals surface area contributed by atoms with E-state index < -0.39 is 17.8 Å². The lowest BCUT2D eigenvalue weighted by Crippen LogP contribution is -2.05. The van der Waals surface area contributed by atoms with Crippen molar-refractivity contribution in [3.8, 4) is 11.5 Å². The molecule has 138 valence electrons. The Morgan fingerprint density at radius 2 is 2.07 bits per heavy atom. The summed E-state index contributed by atoms with van der Waals surface area (Å²) in [6.45, 7) is 1.24. The summed E-state index contributed by atoms with van der Waals surface area (Å²) in [5.41, 5.74) is 0.823. The summed E-state index contributed by atoms with van der Waals surface area (Å²) in [6, 6.07) is 8.56. The number of hydrogen-bond donors (Lipinski definition) is 0. The standard InChI is InChI=1S/C19H13ClFNO5/c1-10(23)26-17-14(20)6-11(8-16(17)25-2)7-15-19(24)27-18(22-15)12-4-3-5-13(21)9-12/h3-9H,1-2H3/b15-7+. The van der Waals surface area contributed by atoms with E-state index in [0.717, 1.165) is 0 Å². The number of halogens is 2. The van der Waals surface area contributed by atoms with Crippen molar-refractivity contribution in [3.05, 3.63) is 64.1 Å². The first-order chi connectivity index (χ1) is 12.9. The summed E-state index contributed by atoms with van der Waals surface area (Å²) in [5.74, 6) is -1.42. The zero-order chi connectivity index (χ0) is 19.6. The van der Waals surface area contributed by atoms with Gasteiger partial charge in [-0.3, -0.25) is 4.79 Å². The van der Waals surface area contributed by atoms with Crippen LogP contribution in [-0.4, -0.2) is 24.9 Å². The molecule has 27 heavy (non-hydrogen) atoms. The Labute approximate surface area is 158 Å². The zero-order valence-corrected chi connectivity index (χ0v) is 15.0. The Morgan fingerprint density at radius 3 is 2.74 bits per heavy atom. The van der Waals surface area contributed by atoms with Gasteiger partial charge in [-0.05, 0) is 42.0 Å². The maximum atomic E-state index is 13.3. The highest BCUT2D eigenvalue weighted by atomic mass is 35.5. The summed E-state index contributed by atoms with van der Waals surface area (Å²) >= 11 is 6.14. The number of esters is 2. The maximum absolute atomic E-state index is 13.3. The zero-order valence-electron chi connectivity index (χ0n) is 14.3. The monoisotopic (exact) mass is 389 g/mol. The molecule has 8 heteroatoms. The molecule has 2 aromatic carbocycles. The molecule has 2 aromatic rings. The molecule has 0 aromatic heterocycles. The highest BCUT2D eigenvalue weighted by Gasteiger charge is 2.25. The van der Waals surface area contributed by atoms with Gasteiger partial charge in [-0.2, -0.15) is 0 Å². The molecule has 0 N–H and O–H groups in total. The predicted molar refractivity (Wildman–Crippen MR) is 96.3 cm³/mol. The van der Waals surface area contributed by atoms with E-state index in [4.69, 9.17) is 25.8 Å². The Balaban J connectivity index is 1.97. The molecule has 0 unspecified atom stereocenters. The van der Waals surface area contributed by atoms with Gasteiger partial charge in [-0.15, -0.1) is 0 Å². The summed E-state index contributed by atoms with van der Waals surface area (Å²) < 4.78 is 28.6. The Kier molecular flexibility index (Phi) is 5.23. The Morgan fingerprint density at radius 1 is 1.30 bits per heavy atom. The van der Waals surface area contributed by atoms with Gasteiger partial charge in [0.25, 0.3) is 0 Å². The van der Waals surface area contributed by atoms with Crippen molar-refractivity contribution in [1.29, 1.82) is 0 Å². The smallest absolute Gasteiger partial charge is 0.363 e. The summed E-state index contributed by atoms with van der Waals surface area (Å²) in [7, 11) is 1.39. The third-order valence-corrected chi connectivity index (χ3v) is 3.77. The number of rotatable bonds is 4. The van der Waals surface area contributed by atoms with Crippen LogP contribution in [0.2, 0.25) is 5.02 Å².